The highest BCUT2D eigenvalue weighted by molar-refractivity contribution is 5.87. The highest BCUT2D eigenvalue weighted by atomic mass is 16.5. The summed E-state index contributed by atoms with van der Waals surface area (Å²) < 4.78 is 10.6. The predicted octanol–water partition coefficient (Wildman–Crippen LogP) is 0.977. The molecule has 0 radical (unpaired) electrons. The summed E-state index contributed by atoms with van der Waals surface area (Å²) in [6, 6.07) is -1.30. The maximum atomic E-state index is 12.2. The van der Waals surface area contributed by atoms with Crippen molar-refractivity contribution in [1.29, 1.82) is 0 Å². The third-order valence-electron chi connectivity index (χ3n) is 3.97. The largest absolute Gasteiger partial charge is 0.464 e. The number of carbonyl (C=O) groups excluding carboxylic acids is 2. The highest BCUT2D eigenvalue weighted by Crippen LogP contribution is 2.18. The average molecular weight is 300 g/mol. The molecule has 4 atom stereocenters. The van der Waals surface area contributed by atoms with Crippen molar-refractivity contribution >= 4 is 11.9 Å². The maximum absolute atomic E-state index is 12.2. The summed E-state index contributed by atoms with van der Waals surface area (Å²) in [6.07, 6.45) is 3.14. The normalized spacial score (nSPS) is 22.4. The second kappa shape index (κ2) is 9.00. The molecule has 3 unspecified atom stereocenters. The van der Waals surface area contributed by atoms with Crippen LogP contribution in [0.1, 0.15) is 46.5 Å². The molecule has 1 rings (SSSR count). The number of amides is 1. The summed E-state index contributed by atoms with van der Waals surface area (Å²) in [4.78, 5) is 24.1. The average Bonchev–Trinajstić information content (AvgIpc) is 2.98. The van der Waals surface area contributed by atoms with Crippen molar-refractivity contribution in [2.45, 2.75) is 64.6 Å². The third kappa shape index (κ3) is 5.63. The summed E-state index contributed by atoms with van der Waals surface area (Å²) in [5.41, 5.74) is 5.91. The molecule has 0 aromatic carbocycles. The van der Waals surface area contributed by atoms with Gasteiger partial charge in [0.2, 0.25) is 5.91 Å². The summed E-state index contributed by atoms with van der Waals surface area (Å²) in [7, 11) is 0. The molecular formula is C15H28N2O4. The number of rotatable bonds is 8. The fourth-order valence-corrected chi connectivity index (χ4v) is 2.33. The van der Waals surface area contributed by atoms with Crippen LogP contribution in [-0.4, -0.2) is 43.3 Å². The summed E-state index contributed by atoms with van der Waals surface area (Å²) in [6.45, 7) is 6.64. The Morgan fingerprint density at radius 3 is 2.67 bits per heavy atom. The molecule has 0 spiro atoms. The molecule has 0 bridgehead atoms. The second-order valence-corrected chi connectivity index (χ2v) is 5.60. The zero-order valence-corrected chi connectivity index (χ0v) is 13.3. The quantitative estimate of drug-likeness (QED) is 0.652. The van der Waals surface area contributed by atoms with Gasteiger partial charge in [0.15, 0.2) is 0 Å². The molecule has 1 amide bonds. The van der Waals surface area contributed by atoms with Crippen LogP contribution in [0.5, 0.6) is 0 Å². The number of nitrogens with one attached hydrogen (secondary N) is 1. The van der Waals surface area contributed by atoms with Gasteiger partial charge in [0, 0.05) is 13.0 Å². The lowest BCUT2D eigenvalue weighted by atomic mass is 9.98. The van der Waals surface area contributed by atoms with Gasteiger partial charge < -0.3 is 20.5 Å². The molecule has 0 aromatic heterocycles. The predicted molar refractivity (Wildman–Crippen MR) is 79.6 cm³/mol. The standard InChI is InChI=1S/C15H28N2O4/c1-4-10(3)13(16)14(18)17-12(15(19)20-5-2)9-11-7-6-8-21-11/h10-13H,4-9,16H2,1-3H3,(H,17,18)/t10?,11?,12?,13-/m0/s1. The monoisotopic (exact) mass is 300 g/mol. The van der Waals surface area contributed by atoms with Gasteiger partial charge in [-0.2, -0.15) is 0 Å². The van der Waals surface area contributed by atoms with Crippen molar-refractivity contribution in [3.05, 3.63) is 0 Å². The fraction of sp³-hybridized carbons (Fsp3) is 0.867. The Morgan fingerprint density at radius 1 is 1.43 bits per heavy atom. The van der Waals surface area contributed by atoms with Crippen LogP contribution in [0.2, 0.25) is 0 Å². The van der Waals surface area contributed by atoms with Gasteiger partial charge in [0.25, 0.3) is 0 Å². The zero-order chi connectivity index (χ0) is 15.8. The first-order chi connectivity index (χ1) is 9.99. The molecule has 6 heteroatoms. The van der Waals surface area contributed by atoms with E-state index in [9.17, 15) is 9.59 Å². The number of esters is 1. The van der Waals surface area contributed by atoms with E-state index >= 15 is 0 Å². The van der Waals surface area contributed by atoms with Gasteiger partial charge in [-0.3, -0.25) is 4.79 Å². The molecular weight excluding hydrogens is 272 g/mol. The Kier molecular flexibility index (Phi) is 7.67. The van der Waals surface area contributed by atoms with Crippen molar-refractivity contribution in [2.24, 2.45) is 11.7 Å². The van der Waals surface area contributed by atoms with Gasteiger partial charge in [0.05, 0.1) is 18.8 Å². The number of ether oxygens (including phenoxy) is 2. The number of hydrogen-bond acceptors (Lipinski definition) is 5. The van der Waals surface area contributed by atoms with Gasteiger partial charge >= 0.3 is 5.97 Å². The van der Waals surface area contributed by atoms with E-state index in [0.717, 1.165) is 19.3 Å². The van der Waals surface area contributed by atoms with Gasteiger partial charge in [-0.15, -0.1) is 0 Å². The van der Waals surface area contributed by atoms with E-state index in [1.54, 1.807) is 6.92 Å². The Labute approximate surface area is 126 Å². The highest BCUT2D eigenvalue weighted by Gasteiger charge is 2.30. The first-order valence-corrected chi connectivity index (χ1v) is 7.83. The van der Waals surface area contributed by atoms with Crippen molar-refractivity contribution in [2.75, 3.05) is 13.2 Å². The van der Waals surface area contributed by atoms with Crippen molar-refractivity contribution in [3.8, 4) is 0 Å². The van der Waals surface area contributed by atoms with Gasteiger partial charge in [0.1, 0.15) is 6.04 Å². The first-order valence-electron chi connectivity index (χ1n) is 7.83. The van der Waals surface area contributed by atoms with Crippen LogP contribution >= 0.6 is 0 Å². The van der Waals surface area contributed by atoms with Crippen molar-refractivity contribution in [3.63, 3.8) is 0 Å². The van der Waals surface area contributed by atoms with Gasteiger partial charge in [-0.1, -0.05) is 20.3 Å². The minimum Gasteiger partial charge on any atom is -0.464 e. The number of hydrogen-bond donors (Lipinski definition) is 2. The molecule has 0 saturated carbocycles. The summed E-state index contributed by atoms with van der Waals surface area (Å²) in [5.74, 6) is -0.659. The lowest BCUT2D eigenvalue weighted by Crippen LogP contribution is -2.51. The van der Waals surface area contributed by atoms with E-state index in [0.29, 0.717) is 13.0 Å². The molecule has 1 saturated heterocycles. The fourth-order valence-electron chi connectivity index (χ4n) is 2.33. The topological polar surface area (TPSA) is 90.6 Å². The minimum absolute atomic E-state index is 0.000436. The molecule has 0 aliphatic carbocycles. The number of nitrogens with two attached hydrogens (primary N) is 1. The van der Waals surface area contributed by atoms with Crippen LogP contribution < -0.4 is 11.1 Å². The Morgan fingerprint density at radius 2 is 2.14 bits per heavy atom. The smallest absolute Gasteiger partial charge is 0.328 e. The number of carbonyl (C=O) groups is 2. The van der Waals surface area contributed by atoms with Crippen LogP contribution in [0.3, 0.4) is 0 Å². The molecule has 3 N–H and O–H groups in total. The Bertz CT molecular complexity index is 343. The van der Waals surface area contributed by atoms with E-state index in [2.05, 4.69) is 5.32 Å². The lowest BCUT2D eigenvalue weighted by Gasteiger charge is -2.24. The van der Waals surface area contributed by atoms with Crippen molar-refractivity contribution in [1.82, 2.24) is 5.32 Å². The van der Waals surface area contributed by atoms with E-state index in [1.807, 2.05) is 13.8 Å². The lowest BCUT2D eigenvalue weighted by molar-refractivity contribution is -0.148. The zero-order valence-electron chi connectivity index (χ0n) is 13.3. The van der Waals surface area contributed by atoms with Crippen LogP contribution in [0, 0.1) is 5.92 Å². The molecule has 1 aliphatic rings. The Hall–Kier alpha value is -1.14. The Balaban J connectivity index is 2.62. The molecule has 122 valence electrons. The summed E-state index contributed by atoms with van der Waals surface area (Å²) >= 11 is 0. The third-order valence-corrected chi connectivity index (χ3v) is 3.97. The SMILES string of the molecule is CCOC(=O)C(CC1CCCO1)NC(=O)[C@@H](N)C(C)CC. The van der Waals surface area contributed by atoms with E-state index in [1.165, 1.54) is 0 Å². The van der Waals surface area contributed by atoms with Crippen LogP contribution in [-0.2, 0) is 19.1 Å². The van der Waals surface area contributed by atoms with Gasteiger partial charge in [-0.05, 0) is 25.7 Å². The van der Waals surface area contributed by atoms with E-state index in [-0.39, 0.29) is 24.5 Å². The first kappa shape index (κ1) is 17.9. The molecule has 21 heavy (non-hydrogen) atoms. The maximum Gasteiger partial charge on any atom is 0.328 e. The molecule has 6 nitrogen and oxygen atoms in total. The molecule has 1 heterocycles. The van der Waals surface area contributed by atoms with Crippen LogP contribution in [0.25, 0.3) is 0 Å². The van der Waals surface area contributed by atoms with E-state index in [4.69, 9.17) is 15.2 Å². The van der Waals surface area contributed by atoms with Crippen molar-refractivity contribution < 1.29 is 19.1 Å². The minimum atomic E-state index is -0.685. The summed E-state index contributed by atoms with van der Waals surface area (Å²) in [5, 5.41) is 2.72. The van der Waals surface area contributed by atoms with Crippen LogP contribution in [0.15, 0.2) is 0 Å². The molecule has 1 aliphatic heterocycles. The van der Waals surface area contributed by atoms with Gasteiger partial charge in [-0.25, -0.2) is 4.79 Å². The van der Waals surface area contributed by atoms with E-state index < -0.39 is 18.1 Å². The van der Waals surface area contributed by atoms with Crippen LogP contribution in [0.4, 0.5) is 0 Å². The molecule has 1 fully saturated rings. The second-order valence-electron chi connectivity index (χ2n) is 5.60. The molecule has 0 aromatic rings.